The Kier molecular flexibility index (Phi) is 7.29. The molecule has 1 aromatic rings. The molecular weight excluding hydrogens is 295 g/mol. The number of carbonyl (C=O) groups is 1. The molecule has 4 nitrogen and oxygen atoms in total. The molecule has 0 amide bonds. The predicted octanol–water partition coefficient (Wildman–Crippen LogP) is 2.22. The molecule has 0 aromatic carbocycles. The topological polar surface area (TPSA) is 65.2 Å². The van der Waals surface area contributed by atoms with Gasteiger partial charge in [-0.2, -0.15) is 0 Å². The summed E-state index contributed by atoms with van der Waals surface area (Å²) < 4.78 is 5.66. The Balaban J connectivity index is 0.00000225. The first-order valence-corrected chi connectivity index (χ1v) is 5.44. The van der Waals surface area contributed by atoms with E-state index in [9.17, 15) is 4.79 Å². The van der Waals surface area contributed by atoms with Crippen LogP contribution < -0.4 is 5.73 Å². The molecule has 0 aliphatic heterocycles. The van der Waals surface area contributed by atoms with E-state index in [1.165, 1.54) is 0 Å². The van der Waals surface area contributed by atoms with Gasteiger partial charge in [0.05, 0.1) is 13.0 Å². The van der Waals surface area contributed by atoms with Crippen LogP contribution in [0.15, 0.2) is 22.9 Å². The summed E-state index contributed by atoms with van der Waals surface area (Å²) in [6, 6.07) is 1.48. The van der Waals surface area contributed by atoms with Crippen molar-refractivity contribution in [3.63, 3.8) is 0 Å². The van der Waals surface area contributed by atoms with Crippen LogP contribution in [0.4, 0.5) is 0 Å². The van der Waals surface area contributed by atoms with Gasteiger partial charge in [-0.1, -0.05) is 0 Å². The first-order valence-electron chi connectivity index (χ1n) is 4.65. The molecule has 0 aliphatic carbocycles. The highest BCUT2D eigenvalue weighted by Gasteiger charge is 2.12. The van der Waals surface area contributed by atoms with E-state index in [0.29, 0.717) is 6.61 Å². The van der Waals surface area contributed by atoms with Gasteiger partial charge >= 0.3 is 5.97 Å². The summed E-state index contributed by atoms with van der Waals surface area (Å²) in [5.41, 5.74) is 6.65. The molecule has 0 spiro atoms. The third-order valence-corrected chi connectivity index (χ3v) is 2.28. The largest absolute Gasteiger partial charge is 0.466 e. The lowest BCUT2D eigenvalue weighted by Crippen LogP contribution is -2.17. The van der Waals surface area contributed by atoms with Gasteiger partial charge in [-0.15, -0.1) is 12.4 Å². The maximum Gasteiger partial charge on any atom is 0.307 e. The zero-order valence-electron chi connectivity index (χ0n) is 8.85. The van der Waals surface area contributed by atoms with Crippen molar-refractivity contribution in [2.45, 2.75) is 19.4 Å². The number of nitrogens with two attached hydrogens (primary N) is 1. The van der Waals surface area contributed by atoms with Crippen LogP contribution in [0.25, 0.3) is 0 Å². The number of nitrogens with zero attached hydrogens (tertiary/aromatic N) is 1. The van der Waals surface area contributed by atoms with E-state index < -0.39 is 0 Å². The number of ether oxygens (including phenoxy) is 1. The average molecular weight is 310 g/mol. The highest BCUT2D eigenvalue weighted by atomic mass is 79.9. The summed E-state index contributed by atoms with van der Waals surface area (Å²) in [7, 11) is 0. The molecule has 1 heterocycles. The lowest BCUT2D eigenvalue weighted by molar-refractivity contribution is -0.143. The van der Waals surface area contributed by atoms with Gasteiger partial charge in [0.1, 0.15) is 0 Å². The van der Waals surface area contributed by atoms with E-state index in [1.807, 2.05) is 6.07 Å². The molecule has 1 aromatic heterocycles. The molecule has 16 heavy (non-hydrogen) atoms. The minimum absolute atomic E-state index is 0. The van der Waals surface area contributed by atoms with Crippen LogP contribution in [0, 0.1) is 0 Å². The van der Waals surface area contributed by atoms with Gasteiger partial charge in [0.2, 0.25) is 0 Å². The molecule has 0 saturated carbocycles. The number of esters is 1. The quantitative estimate of drug-likeness (QED) is 0.866. The van der Waals surface area contributed by atoms with Crippen LogP contribution in [0.1, 0.15) is 24.9 Å². The highest BCUT2D eigenvalue weighted by molar-refractivity contribution is 9.10. The summed E-state index contributed by atoms with van der Waals surface area (Å²) in [5, 5.41) is 0. The van der Waals surface area contributed by atoms with Crippen molar-refractivity contribution >= 4 is 34.3 Å². The summed E-state index contributed by atoms with van der Waals surface area (Å²) in [6.45, 7) is 2.15. The minimum atomic E-state index is -0.367. The fraction of sp³-hybridized carbons (Fsp3) is 0.400. The summed E-state index contributed by atoms with van der Waals surface area (Å²) >= 11 is 3.29. The minimum Gasteiger partial charge on any atom is -0.466 e. The summed E-state index contributed by atoms with van der Waals surface area (Å²) in [4.78, 5) is 15.2. The summed E-state index contributed by atoms with van der Waals surface area (Å²) in [6.07, 6.45) is 3.49. The first-order chi connectivity index (χ1) is 7.13. The number of hydrogen-bond donors (Lipinski definition) is 1. The van der Waals surface area contributed by atoms with E-state index in [-0.39, 0.29) is 30.8 Å². The van der Waals surface area contributed by atoms with Gasteiger partial charge in [-0.3, -0.25) is 9.78 Å². The Labute approximate surface area is 109 Å². The molecule has 2 N–H and O–H groups in total. The fourth-order valence-corrected chi connectivity index (χ4v) is 1.53. The molecule has 0 saturated heterocycles. The molecular formula is C10H14BrClN2O2. The maximum absolute atomic E-state index is 11.2. The molecule has 6 heteroatoms. The Morgan fingerprint density at radius 3 is 2.88 bits per heavy atom. The lowest BCUT2D eigenvalue weighted by atomic mass is 10.1. The Hall–Kier alpha value is -0.650. The molecule has 0 fully saturated rings. The van der Waals surface area contributed by atoms with Gasteiger partial charge < -0.3 is 10.5 Å². The number of rotatable bonds is 4. The second kappa shape index (κ2) is 7.60. The van der Waals surface area contributed by atoms with Crippen molar-refractivity contribution in [1.82, 2.24) is 4.98 Å². The van der Waals surface area contributed by atoms with Crippen LogP contribution in [-0.4, -0.2) is 17.6 Å². The Morgan fingerprint density at radius 1 is 1.62 bits per heavy atom. The van der Waals surface area contributed by atoms with Crippen LogP contribution in [0.2, 0.25) is 0 Å². The molecule has 1 atom stereocenters. The van der Waals surface area contributed by atoms with Crippen molar-refractivity contribution in [3.8, 4) is 0 Å². The van der Waals surface area contributed by atoms with E-state index in [2.05, 4.69) is 20.9 Å². The fourth-order valence-electron chi connectivity index (χ4n) is 1.15. The van der Waals surface area contributed by atoms with Gasteiger partial charge in [0, 0.05) is 22.9 Å². The number of carbonyl (C=O) groups excluding carboxylic acids is 1. The molecule has 0 radical (unpaired) electrons. The Morgan fingerprint density at radius 2 is 2.31 bits per heavy atom. The van der Waals surface area contributed by atoms with Crippen molar-refractivity contribution in [3.05, 3.63) is 28.5 Å². The van der Waals surface area contributed by atoms with Crippen LogP contribution >= 0.6 is 28.3 Å². The smallest absolute Gasteiger partial charge is 0.307 e. The van der Waals surface area contributed by atoms with Gasteiger partial charge in [-0.25, -0.2) is 0 Å². The third kappa shape index (κ3) is 4.92. The van der Waals surface area contributed by atoms with E-state index in [4.69, 9.17) is 10.5 Å². The molecule has 1 rings (SSSR count). The monoisotopic (exact) mass is 308 g/mol. The van der Waals surface area contributed by atoms with Crippen LogP contribution in [-0.2, 0) is 9.53 Å². The van der Waals surface area contributed by atoms with Crippen molar-refractivity contribution in [2.24, 2.45) is 5.73 Å². The zero-order chi connectivity index (χ0) is 11.3. The number of halogens is 2. The van der Waals surface area contributed by atoms with Gasteiger partial charge in [-0.05, 0) is 34.5 Å². The van der Waals surface area contributed by atoms with Crippen molar-refractivity contribution in [2.75, 3.05) is 6.61 Å². The van der Waals surface area contributed by atoms with Gasteiger partial charge in [0.25, 0.3) is 0 Å². The first kappa shape index (κ1) is 15.3. The normalized spacial score (nSPS) is 11.4. The number of pyridine rings is 1. The van der Waals surface area contributed by atoms with E-state index in [0.717, 1.165) is 10.0 Å². The standard InChI is InChI=1S/C10H13BrN2O2.ClH/c1-2-15-10(14)4-9(12)7-3-8(11)6-13-5-7;/h3,5-6,9H,2,4,12H2,1H3;1H/t9-;/m1./s1. The van der Waals surface area contributed by atoms with Crippen LogP contribution in [0.3, 0.4) is 0 Å². The highest BCUT2D eigenvalue weighted by Crippen LogP contribution is 2.17. The maximum atomic E-state index is 11.2. The second-order valence-electron chi connectivity index (χ2n) is 3.05. The predicted molar refractivity (Wildman–Crippen MR) is 67.4 cm³/mol. The van der Waals surface area contributed by atoms with E-state index >= 15 is 0 Å². The lowest BCUT2D eigenvalue weighted by Gasteiger charge is -2.10. The van der Waals surface area contributed by atoms with Gasteiger partial charge in [0.15, 0.2) is 0 Å². The summed E-state index contributed by atoms with van der Waals surface area (Å²) in [5.74, 6) is -0.287. The third-order valence-electron chi connectivity index (χ3n) is 1.85. The molecule has 0 unspecified atom stereocenters. The second-order valence-corrected chi connectivity index (χ2v) is 3.97. The average Bonchev–Trinajstić information content (AvgIpc) is 2.18. The zero-order valence-corrected chi connectivity index (χ0v) is 11.3. The molecule has 90 valence electrons. The van der Waals surface area contributed by atoms with Crippen molar-refractivity contribution in [1.29, 1.82) is 0 Å². The number of aromatic nitrogens is 1. The van der Waals surface area contributed by atoms with E-state index in [1.54, 1.807) is 19.3 Å². The van der Waals surface area contributed by atoms with Crippen molar-refractivity contribution < 1.29 is 9.53 Å². The van der Waals surface area contributed by atoms with Crippen LogP contribution in [0.5, 0.6) is 0 Å². The Bertz CT molecular complexity index is 349. The number of hydrogen-bond acceptors (Lipinski definition) is 4. The molecule has 0 bridgehead atoms. The SMILES string of the molecule is CCOC(=O)C[C@@H](N)c1cncc(Br)c1.Cl. The molecule has 0 aliphatic rings.